The molecule has 3 N–H and O–H groups in total. The molecule has 118 valence electrons. The second-order valence-corrected chi connectivity index (χ2v) is 4.72. The van der Waals surface area contributed by atoms with Crippen molar-refractivity contribution in [2.24, 2.45) is 11.7 Å². The minimum atomic E-state index is -0.406. The Hall–Kier alpha value is -1.95. The molecule has 0 aliphatic rings. The van der Waals surface area contributed by atoms with Crippen LogP contribution >= 0.6 is 0 Å². The van der Waals surface area contributed by atoms with Gasteiger partial charge in [-0.3, -0.25) is 4.79 Å². The molecule has 0 saturated carbocycles. The van der Waals surface area contributed by atoms with Gasteiger partial charge in [-0.15, -0.1) is 0 Å². The van der Waals surface area contributed by atoms with Crippen LogP contribution in [0.3, 0.4) is 0 Å². The SMILES string of the molecule is CCNCc1cc(OC)c(OCC(C)C(N)=O)c(OC)c1. The third kappa shape index (κ3) is 4.82. The molecule has 0 saturated heterocycles. The number of amides is 1. The number of carbonyl (C=O) groups excluding carboxylic acids is 1. The summed E-state index contributed by atoms with van der Waals surface area (Å²) in [6, 6.07) is 3.77. The Morgan fingerprint density at radius 3 is 2.29 bits per heavy atom. The third-order valence-electron chi connectivity index (χ3n) is 3.06. The molecule has 0 spiro atoms. The lowest BCUT2D eigenvalue weighted by Gasteiger charge is -2.17. The van der Waals surface area contributed by atoms with Crippen molar-refractivity contribution < 1.29 is 19.0 Å². The zero-order valence-corrected chi connectivity index (χ0v) is 13.1. The first-order valence-corrected chi connectivity index (χ1v) is 6.91. The number of ether oxygens (including phenoxy) is 3. The van der Waals surface area contributed by atoms with Crippen molar-refractivity contribution >= 4 is 5.91 Å². The summed E-state index contributed by atoms with van der Waals surface area (Å²) in [5.41, 5.74) is 6.26. The molecule has 1 atom stereocenters. The zero-order valence-electron chi connectivity index (χ0n) is 13.1. The topological polar surface area (TPSA) is 82.8 Å². The second-order valence-electron chi connectivity index (χ2n) is 4.72. The van der Waals surface area contributed by atoms with Crippen LogP contribution in [0.4, 0.5) is 0 Å². The van der Waals surface area contributed by atoms with Crippen LogP contribution in [0.15, 0.2) is 12.1 Å². The first-order valence-electron chi connectivity index (χ1n) is 6.91. The highest BCUT2D eigenvalue weighted by atomic mass is 16.5. The van der Waals surface area contributed by atoms with E-state index < -0.39 is 5.91 Å². The van der Waals surface area contributed by atoms with Crippen LogP contribution in [0.25, 0.3) is 0 Å². The van der Waals surface area contributed by atoms with Crippen LogP contribution in [-0.2, 0) is 11.3 Å². The van der Waals surface area contributed by atoms with Gasteiger partial charge in [-0.25, -0.2) is 0 Å². The predicted molar refractivity (Wildman–Crippen MR) is 80.8 cm³/mol. The molecule has 0 aliphatic heterocycles. The fourth-order valence-electron chi connectivity index (χ4n) is 1.74. The van der Waals surface area contributed by atoms with Gasteiger partial charge in [0.25, 0.3) is 0 Å². The number of nitrogens with two attached hydrogens (primary N) is 1. The van der Waals surface area contributed by atoms with Gasteiger partial charge in [0, 0.05) is 6.54 Å². The van der Waals surface area contributed by atoms with Crippen LogP contribution < -0.4 is 25.3 Å². The largest absolute Gasteiger partial charge is 0.493 e. The van der Waals surface area contributed by atoms with Gasteiger partial charge in [0.2, 0.25) is 11.7 Å². The number of benzene rings is 1. The molecule has 0 fully saturated rings. The average molecular weight is 296 g/mol. The number of hydrogen-bond acceptors (Lipinski definition) is 5. The normalized spacial score (nSPS) is 11.8. The van der Waals surface area contributed by atoms with Crippen molar-refractivity contribution in [1.29, 1.82) is 0 Å². The maximum absolute atomic E-state index is 11.1. The average Bonchev–Trinajstić information content (AvgIpc) is 2.49. The summed E-state index contributed by atoms with van der Waals surface area (Å²) in [7, 11) is 3.13. The summed E-state index contributed by atoms with van der Waals surface area (Å²) in [4.78, 5) is 11.1. The standard InChI is InChI=1S/C15H24N2O4/c1-5-17-8-11-6-12(19-3)14(13(7-11)20-4)21-9-10(2)15(16)18/h6-7,10,17H,5,8-9H2,1-4H3,(H2,16,18). The number of nitrogens with one attached hydrogen (secondary N) is 1. The molecule has 1 aromatic carbocycles. The molecule has 1 amide bonds. The minimum absolute atomic E-state index is 0.175. The van der Waals surface area contributed by atoms with Crippen LogP contribution in [0.5, 0.6) is 17.2 Å². The molecule has 0 aromatic heterocycles. The highest BCUT2D eigenvalue weighted by Gasteiger charge is 2.17. The fraction of sp³-hybridized carbons (Fsp3) is 0.533. The van der Waals surface area contributed by atoms with Crippen molar-refractivity contribution in [2.75, 3.05) is 27.4 Å². The van der Waals surface area contributed by atoms with Gasteiger partial charge in [-0.05, 0) is 24.2 Å². The number of methoxy groups -OCH3 is 2. The molecule has 0 radical (unpaired) electrons. The smallest absolute Gasteiger partial charge is 0.223 e. The predicted octanol–water partition coefficient (Wildman–Crippen LogP) is 1.31. The lowest BCUT2D eigenvalue weighted by Crippen LogP contribution is -2.26. The first-order chi connectivity index (χ1) is 10.0. The van der Waals surface area contributed by atoms with E-state index in [9.17, 15) is 4.79 Å². The number of hydrogen-bond donors (Lipinski definition) is 2. The van der Waals surface area contributed by atoms with E-state index in [4.69, 9.17) is 19.9 Å². The number of primary amides is 1. The Balaban J connectivity index is 2.97. The van der Waals surface area contributed by atoms with Crippen LogP contribution in [0, 0.1) is 5.92 Å². The summed E-state index contributed by atoms with van der Waals surface area (Å²) in [6.45, 7) is 5.51. The van der Waals surface area contributed by atoms with Gasteiger partial charge >= 0.3 is 0 Å². The van der Waals surface area contributed by atoms with Gasteiger partial charge in [0.05, 0.1) is 26.7 Å². The van der Waals surface area contributed by atoms with Crippen LogP contribution in [0.1, 0.15) is 19.4 Å². The van der Waals surface area contributed by atoms with E-state index >= 15 is 0 Å². The molecule has 1 rings (SSSR count). The fourth-order valence-corrected chi connectivity index (χ4v) is 1.74. The molecule has 21 heavy (non-hydrogen) atoms. The molecular formula is C15H24N2O4. The monoisotopic (exact) mass is 296 g/mol. The molecule has 0 bridgehead atoms. The summed E-state index contributed by atoms with van der Waals surface area (Å²) in [6.07, 6.45) is 0. The van der Waals surface area contributed by atoms with E-state index in [1.54, 1.807) is 21.1 Å². The molecule has 6 heteroatoms. The summed E-state index contributed by atoms with van der Waals surface area (Å²) in [5.74, 6) is 0.823. The molecule has 6 nitrogen and oxygen atoms in total. The number of carbonyl (C=O) groups is 1. The first kappa shape index (κ1) is 17.1. The molecule has 0 aliphatic carbocycles. The van der Waals surface area contributed by atoms with E-state index in [0.717, 1.165) is 12.1 Å². The lowest BCUT2D eigenvalue weighted by molar-refractivity contribution is -0.122. The Kier molecular flexibility index (Phi) is 6.81. The van der Waals surface area contributed by atoms with Gasteiger partial charge in [0.15, 0.2) is 11.5 Å². The van der Waals surface area contributed by atoms with Gasteiger partial charge < -0.3 is 25.3 Å². The summed E-state index contributed by atoms with van der Waals surface area (Å²) < 4.78 is 16.4. The molecular weight excluding hydrogens is 272 g/mol. The molecule has 0 heterocycles. The van der Waals surface area contributed by atoms with Gasteiger partial charge in [-0.2, -0.15) is 0 Å². The third-order valence-corrected chi connectivity index (χ3v) is 3.06. The highest BCUT2D eigenvalue weighted by Crippen LogP contribution is 2.38. The van der Waals surface area contributed by atoms with Gasteiger partial charge in [-0.1, -0.05) is 13.8 Å². The van der Waals surface area contributed by atoms with E-state index in [2.05, 4.69) is 5.32 Å². The second kappa shape index (κ2) is 8.36. The Bertz CT molecular complexity index is 452. The van der Waals surface area contributed by atoms with Gasteiger partial charge in [0.1, 0.15) is 0 Å². The quantitative estimate of drug-likeness (QED) is 0.718. The lowest BCUT2D eigenvalue weighted by atomic mass is 10.1. The Labute approximate surface area is 125 Å². The van der Waals surface area contributed by atoms with Crippen molar-refractivity contribution in [3.63, 3.8) is 0 Å². The summed E-state index contributed by atoms with van der Waals surface area (Å²) >= 11 is 0. The van der Waals surface area contributed by atoms with Crippen LogP contribution in [-0.4, -0.2) is 33.3 Å². The van der Waals surface area contributed by atoms with Crippen LogP contribution in [0.2, 0.25) is 0 Å². The number of rotatable bonds is 9. The van der Waals surface area contributed by atoms with Crippen molar-refractivity contribution in [2.45, 2.75) is 20.4 Å². The van der Waals surface area contributed by atoms with Crippen molar-refractivity contribution in [1.82, 2.24) is 5.32 Å². The highest BCUT2D eigenvalue weighted by molar-refractivity contribution is 5.76. The maximum atomic E-state index is 11.1. The Morgan fingerprint density at radius 1 is 1.29 bits per heavy atom. The van der Waals surface area contributed by atoms with E-state index in [1.165, 1.54) is 0 Å². The molecule has 1 aromatic rings. The maximum Gasteiger partial charge on any atom is 0.223 e. The minimum Gasteiger partial charge on any atom is -0.493 e. The summed E-state index contributed by atoms with van der Waals surface area (Å²) in [5, 5.41) is 3.24. The van der Waals surface area contributed by atoms with E-state index in [0.29, 0.717) is 23.8 Å². The zero-order chi connectivity index (χ0) is 15.8. The van der Waals surface area contributed by atoms with E-state index in [1.807, 2.05) is 19.1 Å². The van der Waals surface area contributed by atoms with E-state index in [-0.39, 0.29) is 12.5 Å². The molecule has 1 unspecified atom stereocenters. The van der Waals surface area contributed by atoms with Crippen molar-refractivity contribution in [3.05, 3.63) is 17.7 Å². The Morgan fingerprint density at radius 2 is 1.86 bits per heavy atom. The van der Waals surface area contributed by atoms with Crippen molar-refractivity contribution in [3.8, 4) is 17.2 Å².